The smallest absolute Gasteiger partial charge is 0.357 e. The Balaban J connectivity index is 0.00000363. The van der Waals surface area contributed by atoms with E-state index in [-0.39, 0.29) is 30.0 Å². The molecule has 0 bridgehead atoms. The van der Waals surface area contributed by atoms with Gasteiger partial charge in [0.1, 0.15) is 0 Å². The zero-order chi connectivity index (χ0) is 22.3. The van der Waals surface area contributed by atoms with Gasteiger partial charge in [-0.2, -0.15) is 13.2 Å². The zero-order valence-electron chi connectivity index (χ0n) is 19.1. The average molecular weight is 567 g/mol. The van der Waals surface area contributed by atoms with E-state index in [0.717, 1.165) is 51.5 Å². The van der Waals surface area contributed by atoms with Crippen LogP contribution in [0.15, 0.2) is 29.3 Å². The van der Waals surface area contributed by atoms with E-state index in [1.807, 2.05) is 6.92 Å². The Morgan fingerprint density at radius 3 is 2.34 bits per heavy atom. The molecule has 2 heterocycles. The molecule has 32 heavy (non-hydrogen) atoms. The third kappa shape index (κ3) is 9.43. The van der Waals surface area contributed by atoms with Crippen LogP contribution in [0, 0.1) is 12.8 Å². The standard InChI is InChI=1S/C23H36F3N5.HI/c1-3-27-22(29-21-10-13-31(16-21)17-23(24,25)26)28-14-19-8-11-30(12-9-19)15-20-6-4-18(2)5-7-20;/h4-7,19,21H,3,8-17H2,1-2H3,(H2,27,28,29);1H. The molecule has 0 radical (unpaired) electrons. The molecule has 0 spiro atoms. The Kier molecular flexibility index (Phi) is 11.0. The highest BCUT2D eigenvalue weighted by Crippen LogP contribution is 2.21. The molecule has 2 aliphatic heterocycles. The predicted molar refractivity (Wildman–Crippen MR) is 135 cm³/mol. The Labute approximate surface area is 207 Å². The molecule has 0 aliphatic carbocycles. The maximum atomic E-state index is 12.6. The van der Waals surface area contributed by atoms with Crippen molar-refractivity contribution in [2.24, 2.45) is 10.9 Å². The summed E-state index contributed by atoms with van der Waals surface area (Å²) in [4.78, 5) is 8.72. The fourth-order valence-electron chi connectivity index (χ4n) is 4.36. The molecule has 1 atom stereocenters. The van der Waals surface area contributed by atoms with E-state index in [1.54, 1.807) is 0 Å². The first-order chi connectivity index (χ1) is 14.8. The van der Waals surface area contributed by atoms with Gasteiger partial charge >= 0.3 is 6.18 Å². The Bertz CT molecular complexity index is 703. The third-order valence-corrected chi connectivity index (χ3v) is 6.10. The lowest BCUT2D eigenvalue weighted by molar-refractivity contribution is -0.143. The lowest BCUT2D eigenvalue weighted by Gasteiger charge is -2.31. The van der Waals surface area contributed by atoms with Crippen LogP contribution in [0.1, 0.15) is 37.3 Å². The van der Waals surface area contributed by atoms with E-state index in [0.29, 0.717) is 25.4 Å². The summed E-state index contributed by atoms with van der Waals surface area (Å²) in [5.41, 5.74) is 2.65. The van der Waals surface area contributed by atoms with E-state index in [4.69, 9.17) is 4.99 Å². The molecular weight excluding hydrogens is 530 g/mol. The fourth-order valence-corrected chi connectivity index (χ4v) is 4.36. The minimum Gasteiger partial charge on any atom is -0.357 e. The maximum Gasteiger partial charge on any atom is 0.401 e. The van der Waals surface area contributed by atoms with E-state index < -0.39 is 12.7 Å². The van der Waals surface area contributed by atoms with Gasteiger partial charge in [0.2, 0.25) is 0 Å². The number of rotatable bonds is 7. The molecule has 0 saturated carbocycles. The number of nitrogens with one attached hydrogen (secondary N) is 2. The topological polar surface area (TPSA) is 42.9 Å². The van der Waals surface area contributed by atoms with Crippen molar-refractivity contribution in [2.75, 3.05) is 45.8 Å². The SMILES string of the molecule is CCNC(=NCC1CCN(Cc2ccc(C)cc2)CC1)NC1CCN(CC(F)(F)F)C1.I. The lowest BCUT2D eigenvalue weighted by Crippen LogP contribution is -2.45. The van der Waals surface area contributed by atoms with Crippen LogP contribution in [-0.2, 0) is 6.54 Å². The van der Waals surface area contributed by atoms with Crippen molar-refractivity contribution in [1.29, 1.82) is 0 Å². The number of benzene rings is 1. The number of piperidine rings is 1. The predicted octanol–water partition coefficient (Wildman–Crippen LogP) is 4.02. The number of likely N-dealkylation sites (tertiary alicyclic amines) is 2. The van der Waals surface area contributed by atoms with Gasteiger partial charge in [-0.3, -0.25) is 14.8 Å². The van der Waals surface area contributed by atoms with E-state index in [1.165, 1.54) is 16.0 Å². The quantitative estimate of drug-likeness (QED) is 0.297. The molecule has 2 N–H and O–H groups in total. The van der Waals surface area contributed by atoms with E-state index in [2.05, 4.69) is 46.7 Å². The molecule has 1 aromatic rings. The molecule has 3 rings (SSSR count). The van der Waals surface area contributed by atoms with Gasteiger partial charge in [-0.05, 0) is 57.7 Å². The molecule has 2 fully saturated rings. The number of hydrogen-bond donors (Lipinski definition) is 2. The largest absolute Gasteiger partial charge is 0.401 e. The van der Waals surface area contributed by atoms with Crippen LogP contribution in [0.3, 0.4) is 0 Å². The summed E-state index contributed by atoms with van der Waals surface area (Å²) in [7, 11) is 0. The van der Waals surface area contributed by atoms with Crippen LogP contribution in [0.4, 0.5) is 13.2 Å². The monoisotopic (exact) mass is 567 g/mol. The number of halogens is 4. The molecule has 182 valence electrons. The van der Waals surface area contributed by atoms with Crippen LogP contribution >= 0.6 is 24.0 Å². The fraction of sp³-hybridized carbons (Fsp3) is 0.696. The third-order valence-electron chi connectivity index (χ3n) is 6.10. The summed E-state index contributed by atoms with van der Waals surface area (Å²) in [5, 5.41) is 6.58. The van der Waals surface area contributed by atoms with Gasteiger partial charge in [-0.15, -0.1) is 24.0 Å². The molecular formula is C23H37F3IN5. The second-order valence-electron chi connectivity index (χ2n) is 8.90. The van der Waals surface area contributed by atoms with Crippen molar-refractivity contribution in [1.82, 2.24) is 20.4 Å². The molecule has 2 saturated heterocycles. The van der Waals surface area contributed by atoms with Crippen molar-refractivity contribution in [2.45, 2.75) is 51.9 Å². The zero-order valence-corrected chi connectivity index (χ0v) is 21.5. The molecule has 1 aromatic carbocycles. The van der Waals surface area contributed by atoms with Crippen molar-refractivity contribution in [3.63, 3.8) is 0 Å². The summed E-state index contributed by atoms with van der Waals surface area (Å²) in [6.07, 6.45) is -1.19. The Morgan fingerprint density at radius 2 is 1.72 bits per heavy atom. The molecule has 0 aromatic heterocycles. The summed E-state index contributed by atoms with van der Waals surface area (Å²) < 4.78 is 37.8. The van der Waals surface area contributed by atoms with E-state index in [9.17, 15) is 13.2 Å². The summed E-state index contributed by atoms with van der Waals surface area (Å²) in [6.45, 7) is 8.80. The number of alkyl halides is 3. The van der Waals surface area contributed by atoms with Crippen LogP contribution in [0.5, 0.6) is 0 Å². The Hall–Kier alpha value is -1.07. The van der Waals surface area contributed by atoms with Gasteiger partial charge in [-0.1, -0.05) is 29.8 Å². The second-order valence-corrected chi connectivity index (χ2v) is 8.90. The lowest BCUT2D eigenvalue weighted by atomic mass is 9.96. The van der Waals surface area contributed by atoms with Crippen molar-refractivity contribution < 1.29 is 13.2 Å². The normalized spacial score (nSPS) is 21.4. The summed E-state index contributed by atoms with van der Waals surface area (Å²) >= 11 is 0. The number of aliphatic imine (C=N–C) groups is 1. The molecule has 0 amide bonds. The molecule has 9 heteroatoms. The maximum absolute atomic E-state index is 12.6. The first-order valence-electron chi connectivity index (χ1n) is 11.4. The van der Waals surface area contributed by atoms with Gasteiger partial charge in [-0.25, -0.2) is 0 Å². The van der Waals surface area contributed by atoms with Crippen LogP contribution in [0.25, 0.3) is 0 Å². The van der Waals surface area contributed by atoms with Gasteiger partial charge in [0.05, 0.1) is 6.54 Å². The van der Waals surface area contributed by atoms with Crippen LogP contribution in [0.2, 0.25) is 0 Å². The molecule has 1 unspecified atom stereocenters. The van der Waals surface area contributed by atoms with Crippen molar-refractivity contribution in [3.05, 3.63) is 35.4 Å². The molecule has 5 nitrogen and oxygen atoms in total. The number of aryl methyl sites for hydroxylation is 1. The summed E-state index contributed by atoms with van der Waals surface area (Å²) in [5.74, 6) is 1.28. The minimum atomic E-state index is -4.14. The highest BCUT2D eigenvalue weighted by molar-refractivity contribution is 14.0. The van der Waals surface area contributed by atoms with Gasteiger partial charge in [0.25, 0.3) is 0 Å². The van der Waals surface area contributed by atoms with Crippen molar-refractivity contribution in [3.8, 4) is 0 Å². The van der Waals surface area contributed by atoms with Gasteiger partial charge in [0, 0.05) is 38.8 Å². The van der Waals surface area contributed by atoms with Crippen molar-refractivity contribution >= 4 is 29.9 Å². The first-order valence-corrected chi connectivity index (χ1v) is 11.4. The first kappa shape index (κ1) is 27.2. The number of nitrogens with zero attached hydrogens (tertiary/aromatic N) is 3. The highest BCUT2D eigenvalue weighted by Gasteiger charge is 2.34. The number of guanidine groups is 1. The van der Waals surface area contributed by atoms with Gasteiger partial charge in [0.15, 0.2) is 5.96 Å². The van der Waals surface area contributed by atoms with Crippen LogP contribution < -0.4 is 10.6 Å². The number of hydrogen-bond acceptors (Lipinski definition) is 3. The second kappa shape index (κ2) is 13.0. The van der Waals surface area contributed by atoms with Crippen LogP contribution in [-0.4, -0.2) is 73.8 Å². The highest BCUT2D eigenvalue weighted by atomic mass is 127. The average Bonchev–Trinajstić information content (AvgIpc) is 3.14. The Morgan fingerprint density at radius 1 is 1.06 bits per heavy atom. The minimum absolute atomic E-state index is 0. The van der Waals surface area contributed by atoms with E-state index >= 15 is 0 Å². The van der Waals surface area contributed by atoms with Gasteiger partial charge < -0.3 is 10.6 Å². The summed E-state index contributed by atoms with van der Waals surface area (Å²) in [6, 6.07) is 8.76. The molecule has 2 aliphatic rings.